The Kier molecular flexibility index (Phi) is 3.14. The Morgan fingerprint density at radius 2 is 2.22 bits per heavy atom. The van der Waals surface area contributed by atoms with Gasteiger partial charge in [0.05, 0.1) is 12.8 Å². The second-order valence-corrected chi connectivity index (χ2v) is 5.66. The molecule has 3 atom stereocenters. The summed E-state index contributed by atoms with van der Waals surface area (Å²) in [5.74, 6) is 3.05. The number of methoxy groups -OCH3 is 1. The first-order valence-electron chi connectivity index (χ1n) is 6.83. The van der Waals surface area contributed by atoms with Gasteiger partial charge in [-0.3, -0.25) is 0 Å². The highest BCUT2D eigenvalue weighted by atomic mass is 19.1. The van der Waals surface area contributed by atoms with Crippen molar-refractivity contribution < 1.29 is 9.13 Å². The second-order valence-electron chi connectivity index (χ2n) is 5.66. The van der Waals surface area contributed by atoms with E-state index in [4.69, 9.17) is 4.74 Å². The Hall–Kier alpha value is -1.25. The summed E-state index contributed by atoms with van der Waals surface area (Å²) in [4.78, 5) is 0. The van der Waals surface area contributed by atoms with Crippen LogP contribution in [-0.2, 0) is 0 Å². The van der Waals surface area contributed by atoms with Gasteiger partial charge in [-0.15, -0.1) is 0 Å². The van der Waals surface area contributed by atoms with Crippen molar-refractivity contribution in [3.63, 3.8) is 0 Å². The number of fused-ring (bicyclic) bond motifs is 2. The number of benzene rings is 1. The fourth-order valence-electron chi connectivity index (χ4n) is 3.63. The van der Waals surface area contributed by atoms with Crippen LogP contribution in [0.25, 0.3) is 0 Å². The van der Waals surface area contributed by atoms with Crippen molar-refractivity contribution in [1.29, 1.82) is 0 Å². The van der Waals surface area contributed by atoms with E-state index < -0.39 is 0 Å². The van der Waals surface area contributed by atoms with E-state index in [0.717, 1.165) is 24.3 Å². The SMILES string of the molecule is COc1ccc(F)c(NCC2CC3CCC2C3)c1. The normalized spacial score (nSPS) is 29.6. The zero-order valence-corrected chi connectivity index (χ0v) is 10.8. The number of hydrogen-bond acceptors (Lipinski definition) is 2. The Balaban J connectivity index is 1.62. The van der Waals surface area contributed by atoms with Gasteiger partial charge >= 0.3 is 0 Å². The molecule has 0 amide bonds. The van der Waals surface area contributed by atoms with Gasteiger partial charge in [-0.25, -0.2) is 4.39 Å². The van der Waals surface area contributed by atoms with Gasteiger partial charge in [0, 0.05) is 12.6 Å². The number of hydrogen-bond donors (Lipinski definition) is 1. The molecular weight excluding hydrogens is 229 g/mol. The van der Waals surface area contributed by atoms with Gasteiger partial charge in [-0.1, -0.05) is 6.42 Å². The third-order valence-electron chi connectivity index (χ3n) is 4.61. The smallest absolute Gasteiger partial charge is 0.146 e. The molecule has 1 aromatic carbocycles. The Bertz CT molecular complexity index is 435. The molecule has 2 fully saturated rings. The topological polar surface area (TPSA) is 21.3 Å². The third-order valence-corrected chi connectivity index (χ3v) is 4.61. The molecule has 0 saturated heterocycles. The molecule has 3 unspecified atom stereocenters. The lowest BCUT2D eigenvalue weighted by Gasteiger charge is -2.22. The lowest BCUT2D eigenvalue weighted by Crippen LogP contribution is -2.20. The van der Waals surface area contributed by atoms with E-state index in [-0.39, 0.29) is 5.82 Å². The van der Waals surface area contributed by atoms with E-state index >= 15 is 0 Å². The van der Waals surface area contributed by atoms with Crippen LogP contribution in [-0.4, -0.2) is 13.7 Å². The van der Waals surface area contributed by atoms with Crippen LogP contribution in [0.3, 0.4) is 0 Å². The van der Waals surface area contributed by atoms with Crippen LogP contribution in [0, 0.1) is 23.6 Å². The molecular formula is C15H20FNO. The molecule has 2 aliphatic rings. The molecule has 0 aromatic heterocycles. The Morgan fingerprint density at radius 3 is 2.89 bits per heavy atom. The highest BCUT2D eigenvalue weighted by Gasteiger charge is 2.39. The van der Waals surface area contributed by atoms with Gasteiger partial charge in [0.2, 0.25) is 0 Å². The van der Waals surface area contributed by atoms with Crippen LogP contribution in [0.1, 0.15) is 25.7 Å². The van der Waals surface area contributed by atoms with Gasteiger partial charge in [-0.05, 0) is 49.1 Å². The van der Waals surface area contributed by atoms with Crippen molar-refractivity contribution in [3.8, 4) is 5.75 Å². The van der Waals surface area contributed by atoms with Crippen LogP contribution in [0.15, 0.2) is 18.2 Å². The van der Waals surface area contributed by atoms with Crippen LogP contribution < -0.4 is 10.1 Å². The summed E-state index contributed by atoms with van der Waals surface area (Å²) in [5.41, 5.74) is 0.567. The summed E-state index contributed by atoms with van der Waals surface area (Å²) < 4.78 is 18.8. The largest absolute Gasteiger partial charge is 0.497 e. The lowest BCUT2D eigenvalue weighted by atomic mass is 9.89. The van der Waals surface area contributed by atoms with Crippen molar-refractivity contribution in [2.24, 2.45) is 17.8 Å². The molecule has 2 aliphatic carbocycles. The second kappa shape index (κ2) is 4.79. The van der Waals surface area contributed by atoms with Crippen molar-refractivity contribution in [3.05, 3.63) is 24.0 Å². The molecule has 1 N–H and O–H groups in total. The quantitative estimate of drug-likeness (QED) is 0.878. The van der Waals surface area contributed by atoms with E-state index in [0.29, 0.717) is 11.4 Å². The maximum absolute atomic E-state index is 13.6. The first-order valence-corrected chi connectivity index (χ1v) is 6.83. The molecule has 0 aliphatic heterocycles. The molecule has 3 rings (SSSR count). The molecule has 98 valence electrons. The van der Waals surface area contributed by atoms with E-state index in [1.165, 1.54) is 31.7 Å². The summed E-state index contributed by atoms with van der Waals surface area (Å²) >= 11 is 0. The molecule has 2 saturated carbocycles. The van der Waals surface area contributed by atoms with Gasteiger partial charge in [0.25, 0.3) is 0 Å². The number of nitrogens with one attached hydrogen (secondary N) is 1. The molecule has 0 spiro atoms. The molecule has 2 nitrogen and oxygen atoms in total. The van der Waals surface area contributed by atoms with Crippen LogP contribution in [0.4, 0.5) is 10.1 Å². The molecule has 3 heteroatoms. The van der Waals surface area contributed by atoms with Crippen LogP contribution in [0.2, 0.25) is 0 Å². The summed E-state index contributed by atoms with van der Waals surface area (Å²) in [6, 6.07) is 4.85. The van der Waals surface area contributed by atoms with E-state index in [1.54, 1.807) is 19.2 Å². The maximum atomic E-state index is 13.6. The minimum absolute atomic E-state index is 0.195. The summed E-state index contributed by atoms with van der Waals surface area (Å²) in [6.07, 6.45) is 5.50. The average molecular weight is 249 g/mol. The Labute approximate surface area is 108 Å². The van der Waals surface area contributed by atoms with E-state index in [2.05, 4.69) is 5.32 Å². The van der Waals surface area contributed by atoms with Crippen LogP contribution >= 0.6 is 0 Å². The van der Waals surface area contributed by atoms with Crippen molar-refractivity contribution in [2.75, 3.05) is 19.0 Å². The monoisotopic (exact) mass is 249 g/mol. The van der Waals surface area contributed by atoms with Gasteiger partial charge in [0.15, 0.2) is 0 Å². The molecule has 18 heavy (non-hydrogen) atoms. The average Bonchev–Trinajstić information content (AvgIpc) is 3.00. The molecule has 2 bridgehead atoms. The van der Waals surface area contributed by atoms with Crippen molar-refractivity contribution in [2.45, 2.75) is 25.7 Å². The predicted molar refractivity (Wildman–Crippen MR) is 70.4 cm³/mol. The highest BCUT2D eigenvalue weighted by molar-refractivity contribution is 5.49. The van der Waals surface area contributed by atoms with Gasteiger partial charge in [0.1, 0.15) is 11.6 Å². The van der Waals surface area contributed by atoms with E-state index in [9.17, 15) is 4.39 Å². The van der Waals surface area contributed by atoms with Gasteiger partial charge in [-0.2, -0.15) is 0 Å². The first kappa shape index (κ1) is 11.8. The minimum Gasteiger partial charge on any atom is -0.497 e. The van der Waals surface area contributed by atoms with E-state index in [1.807, 2.05) is 0 Å². The fourth-order valence-corrected chi connectivity index (χ4v) is 3.63. The lowest BCUT2D eigenvalue weighted by molar-refractivity contribution is 0.348. The van der Waals surface area contributed by atoms with Crippen LogP contribution in [0.5, 0.6) is 5.75 Å². The number of rotatable bonds is 4. The van der Waals surface area contributed by atoms with Crippen molar-refractivity contribution >= 4 is 5.69 Å². The number of halogens is 1. The molecule has 0 radical (unpaired) electrons. The zero-order valence-electron chi connectivity index (χ0n) is 10.8. The summed E-state index contributed by atoms with van der Waals surface area (Å²) in [6.45, 7) is 0.894. The first-order chi connectivity index (χ1) is 8.76. The Morgan fingerprint density at radius 1 is 1.33 bits per heavy atom. The minimum atomic E-state index is -0.195. The standard InChI is InChI=1S/C15H20FNO/c1-18-13-4-5-14(16)15(8-13)17-9-12-7-10-2-3-11(12)6-10/h4-5,8,10-12,17H,2-3,6-7,9H2,1H3. The fraction of sp³-hybridized carbons (Fsp3) is 0.600. The maximum Gasteiger partial charge on any atom is 0.146 e. The van der Waals surface area contributed by atoms with Gasteiger partial charge < -0.3 is 10.1 Å². The zero-order chi connectivity index (χ0) is 12.5. The molecule has 1 aromatic rings. The number of anilines is 1. The molecule has 0 heterocycles. The van der Waals surface area contributed by atoms with Crippen molar-refractivity contribution in [1.82, 2.24) is 0 Å². The predicted octanol–water partition coefficient (Wildman–Crippen LogP) is 3.68. The summed E-state index contributed by atoms with van der Waals surface area (Å²) in [7, 11) is 1.60. The highest BCUT2D eigenvalue weighted by Crippen LogP contribution is 2.48. The number of ether oxygens (including phenoxy) is 1. The summed E-state index contributed by atoms with van der Waals surface area (Å²) in [5, 5.41) is 3.26. The third kappa shape index (κ3) is 2.18.